The quantitative estimate of drug-likeness (QED) is 0.680. The molecular formula is C14H14F3N3O4. The number of carbonyl (C=O) groups excluding carboxylic acids is 1. The van der Waals surface area contributed by atoms with Gasteiger partial charge in [0.2, 0.25) is 0 Å². The summed E-state index contributed by atoms with van der Waals surface area (Å²) in [7, 11) is 0. The third kappa shape index (κ3) is 4.16. The van der Waals surface area contributed by atoms with E-state index in [2.05, 4.69) is 5.32 Å². The highest BCUT2D eigenvalue weighted by Gasteiger charge is 2.32. The molecule has 0 aliphatic carbocycles. The number of pyridine rings is 1. The van der Waals surface area contributed by atoms with Crippen molar-refractivity contribution in [2.24, 2.45) is 0 Å². The smallest absolute Gasteiger partial charge is 0.417 e. The first-order chi connectivity index (χ1) is 11.1. The maximum Gasteiger partial charge on any atom is 0.417 e. The Bertz CT molecular complexity index is 766. The first-order valence-corrected chi connectivity index (χ1v) is 6.71. The lowest BCUT2D eigenvalue weighted by Crippen LogP contribution is -2.41. The molecule has 0 aliphatic rings. The minimum Gasteiger partial charge on any atom is -0.466 e. The van der Waals surface area contributed by atoms with Crippen LogP contribution in [-0.4, -0.2) is 22.7 Å². The number of halogens is 3. The van der Waals surface area contributed by atoms with Gasteiger partial charge in [0.1, 0.15) is 17.0 Å². The van der Waals surface area contributed by atoms with Crippen molar-refractivity contribution in [3.63, 3.8) is 0 Å². The molecule has 0 aromatic carbocycles. The van der Waals surface area contributed by atoms with E-state index in [0.717, 1.165) is 0 Å². The Morgan fingerprint density at radius 2 is 2.12 bits per heavy atom. The van der Waals surface area contributed by atoms with E-state index in [1.807, 2.05) is 10.3 Å². The lowest BCUT2D eigenvalue weighted by molar-refractivity contribution is -0.137. The van der Waals surface area contributed by atoms with E-state index in [4.69, 9.17) is 4.42 Å². The largest absolute Gasteiger partial charge is 0.466 e. The summed E-state index contributed by atoms with van der Waals surface area (Å²) in [4.78, 5) is 25.1. The van der Waals surface area contributed by atoms with Gasteiger partial charge in [-0.15, -0.1) is 0 Å². The van der Waals surface area contributed by atoms with Crippen molar-refractivity contribution in [2.75, 3.05) is 11.9 Å². The van der Waals surface area contributed by atoms with Gasteiger partial charge in [0.25, 0.3) is 5.56 Å². The summed E-state index contributed by atoms with van der Waals surface area (Å²) in [5, 5.41) is 14.4. The van der Waals surface area contributed by atoms with E-state index in [9.17, 15) is 27.9 Å². The fourth-order valence-corrected chi connectivity index (χ4v) is 1.83. The molecule has 0 saturated heterocycles. The highest BCUT2D eigenvalue weighted by atomic mass is 19.4. The van der Waals surface area contributed by atoms with Gasteiger partial charge in [0.15, 0.2) is 0 Å². The second kappa shape index (κ2) is 6.40. The lowest BCUT2D eigenvalue weighted by atomic mass is 10.0. The molecule has 2 rings (SSSR count). The molecule has 7 nitrogen and oxygen atoms in total. The molecule has 2 heterocycles. The van der Waals surface area contributed by atoms with Gasteiger partial charge in [-0.1, -0.05) is 0 Å². The Hall–Kier alpha value is -2.75. The number of rotatable bonds is 4. The third-order valence-corrected chi connectivity index (χ3v) is 3.12. The van der Waals surface area contributed by atoms with Crippen LogP contribution in [0.2, 0.25) is 0 Å². The van der Waals surface area contributed by atoms with Crippen LogP contribution in [0, 0.1) is 0 Å². The molecule has 0 spiro atoms. The normalized spacial score (nSPS) is 14.0. The predicted molar refractivity (Wildman–Crippen MR) is 77.4 cm³/mol. The van der Waals surface area contributed by atoms with Crippen LogP contribution in [-0.2, 0) is 11.8 Å². The van der Waals surface area contributed by atoms with E-state index in [0.29, 0.717) is 12.3 Å². The topological polar surface area (TPSA) is 107 Å². The molecule has 0 aliphatic heterocycles. The molecule has 10 heteroatoms. The summed E-state index contributed by atoms with van der Waals surface area (Å²) in [6.45, 7) is 1.09. The monoisotopic (exact) mass is 345 g/mol. The third-order valence-electron chi connectivity index (χ3n) is 3.12. The molecule has 2 aromatic rings. The number of urea groups is 1. The van der Waals surface area contributed by atoms with Crippen molar-refractivity contribution >= 4 is 11.7 Å². The van der Waals surface area contributed by atoms with Gasteiger partial charge in [-0.25, -0.2) is 4.79 Å². The van der Waals surface area contributed by atoms with Crippen LogP contribution >= 0.6 is 0 Å². The van der Waals surface area contributed by atoms with E-state index >= 15 is 0 Å². The van der Waals surface area contributed by atoms with Gasteiger partial charge in [-0.05, 0) is 25.1 Å². The molecule has 130 valence electrons. The Kier molecular flexibility index (Phi) is 4.69. The number of furan rings is 1. The molecule has 4 N–H and O–H groups in total. The number of hydrogen-bond acceptors (Lipinski definition) is 4. The van der Waals surface area contributed by atoms with Gasteiger partial charge in [-0.2, -0.15) is 13.2 Å². The van der Waals surface area contributed by atoms with Gasteiger partial charge >= 0.3 is 12.2 Å². The standard InChI is InChI=1S/C14H14F3N3O4/c1-13(23,10-3-2-4-24-10)7-19-12(22)20-9-5-8(14(15,16)17)6-18-11(9)21/h2-6,23H,7H2,1H3,(H,18,21)(H2,19,20,22). The predicted octanol–water partition coefficient (Wildman–Crippen LogP) is 2.02. The minimum atomic E-state index is -4.67. The maximum absolute atomic E-state index is 12.6. The molecule has 24 heavy (non-hydrogen) atoms. The van der Waals surface area contributed by atoms with Crippen molar-refractivity contribution in [3.05, 3.63) is 52.3 Å². The Morgan fingerprint density at radius 3 is 2.71 bits per heavy atom. The summed E-state index contributed by atoms with van der Waals surface area (Å²) in [6.07, 6.45) is -2.82. The molecule has 0 bridgehead atoms. The zero-order valence-corrected chi connectivity index (χ0v) is 12.4. The summed E-state index contributed by atoms with van der Waals surface area (Å²) < 4.78 is 42.8. The van der Waals surface area contributed by atoms with Crippen LogP contribution in [0.1, 0.15) is 18.2 Å². The highest BCUT2D eigenvalue weighted by Crippen LogP contribution is 2.29. The van der Waals surface area contributed by atoms with E-state index in [1.165, 1.54) is 19.3 Å². The summed E-state index contributed by atoms with van der Waals surface area (Å²) >= 11 is 0. The number of H-pyrrole nitrogens is 1. The summed E-state index contributed by atoms with van der Waals surface area (Å²) in [5.41, 5.74) is -4.10. The van der Waals surface area contributed by atoms with Crippen molar-refractivity contribution in [3.8, 4) is 0 Å². The average molecular weight is 345 g/mol. The van der Waals surface area contributed by atoms with Crippen LogP contribution < -0.4 is 16.2 Å². The molecular weight excluding hydrogens is 331 g/mol. The maximum atomic E-state index is 12.6. The summed E-state index contributed by atoms with van der Waals surface area (Å²) in [6, 6.07) is 2.61. The minimum absolute atomic E-state index is 0.194. The zero-order chi connectivity index (χ0) is 18.0. The SMILES string of the molecule is CC(O)(CNC(=O)Nc1cc(C(F)(F)F)c[nH]c1=O)c1ccco1. The highest BCUT2D eigenvalue weighted by molar-refractivity contribution is 5.89. The van der Waals surface area contributed by atoms with E-state index in [1.54, 1.807) is 6.07 Å². The van der Waals surface area contributed by atoms with Crippen LogP contribution in [0.4, 0.5) is 23.7 Å². The number of carbonyl (C=O) groups is 1. The number of hydrogen-bond donors (Lipinski definition) is 4. The van der Waals surface area contributed by atoms with Crippen LogP contribution in [0.5, 0.6) is 0 Å². The Balaban J connectivity index is 2.04. The second-order valence-corrected chi connectivity index (χ2v) is 5.19. The van der Waals surface area contributed by atoms with E-state index < -0.39 is 34.6 Å². The number of amides is 2. The van der Waals surface area contributed by atoms with Crippen molar-refractivity contribution in [1.82, 2.24) is 10.3 Å². The van der Waals surface area contributed by atoms with Crippen LogP contribution in [0.25, 0.3) is 0 Å². The lowest BCUT2D eigenvalue weighted by Gasteiger charge is -2.21. The van der Waals surface area contributed by atoms with Gasteiger partial charge in [0, 0.05) is 6.20 Å². The van der Waals surface area contributed by atoms with Crippen LogP contribution in [0.15, 0.2) is 39.9 Å². The summed E-state index contributed by atoms with van der Waals surface area (Å²) in [5.74, 6) is 0.194. The molecule has 1 unspecified atom stereocenters. The first kappa shape index (κ1) is 17.6. The molecule has 2 aromatic heterocycles. The molecule has 2 amide bonds. The fraction of sp³-hybridized carbons (Fsp3) is 0.286. The fourth-order valence-electron chi connectivity index (χ4n) is 1.83. The number of aliphatic hydroxyl groups is 1. The zero-order valence-electron chi connectivity index (χ0n) is 12.4. The van der Waals surface area contributed by atoms with Gasteiger partial charge in [-0.3, -0.25) is 4.79 Å². The van der Waals surface area contributed by atoms with Crippen molar-refractivity contribution < 1.29 is 27.5 Å². The first-order valence-electron chi connectivity index (χ1n) is 6.71. The van der Waals surface area contributed by atoms with Gasteiger partial charge in [0.05, 0.1) is 18.4 Å². The number of aromatic nitrogens is 1. The Labute approximate surface area is 133 Å². The Morgan fingerprint density at radius 1 is 1.42 bits per heavy atom. The van der Waals surface area contributed by atoms with Crippen molar-refractivity contribution in [2.45, 2.75) is 18.7 Å². The number of aromatic amines is 1. The number of nitrogens with one attached hydrogen (secondary N) is 3. The average Bonchev–Trinajstić information content (AvgIpc) is 3.01. The van der Waals surface area contributed by atoms with E-state index in [-0.39, 0.29) is 12.3 Å². The van der Waals surface area contributed by atoms with Crippen molar-refractivity contribution in [1.29, 1.82) is 0 Å². The molecule has 1 atom stereocenters. The number of alkyl halides is 3. The second-order valence-electron chi connectivity index (χ2n) is 5.19. The molecule has 0 fully saturated rings. The van der Waals surface area contributed by atoms with Gasteiger partial charge < -0.3 is 25.1 Å². The molecule has 0 saturated carbocycles. The van der Waals surface area contributed by atoms with Crippen LogP contribution in [0.3, 0.4) is 0 Å². The number of anilines is 1. The molecule has 0 radical (unpaired) electrons.